The maximum Gasteiger partial charge on any atom is 0.353 e. The number of quaternary nitrogens is 1. The number of β-lactam (4-membered cyclic amide) rings is 1. The minimum absolute atomic E-state index is 0.00120. The van der Waals surface area contributed by atoms with Crippen LogP contribution >= 0.6 is 11.8 Å². The third-order valence-corrected chi connectivity index (χ3v) is 9.23. The van der Waals surface area contributed by atoms with Gasteiger partial charge in [-0.15, -0.1) is 11.8 Å². The number of nitrogens with one attached hydrogen (secondary N) is 1. The number of fused-ring (bicyclic) bond motifs is 1. The summed E-state index contributed by atoms with van der Waals surface area (Å²) < 4.78 is 0.448. The van der Waals surface area contributed by atoms with Crippen LogP contribution in [0.3, 0.4) is 0 Å². The topological polar surface area (TPSA) is 153 Å². The molecule has 188 valence electrons. The van der Waals surface area contributed by atoms with Crippen molar-refractivity contribution in [3.63, 3.8) is 0 Å². The van der Waals surface area contributed by atoms with E-state index in [2.05, 4.69) is 5.32 Å². The van der Waals surface area contributed by atoms with Gasteiger partial charge in [0.05, 0.1) is 51.3 Å². The molecule has 4 rings (SSSR count). The molecule has 6 atom stereocenters. The van der Waals surface area contributed by atoms with Gasteiger partial charge in [0, 0.05) is 22.6 Å². The lowest BCUT2D eigenvalue weighted by atomic mass is 9.79. The van der Waals surface area contributed by atoms with Crippen molar-refractivity contribution in [3.8, 4) is 0 Å². The number of carbonyl (C=O) groups excluding carboxylic acids is 3. The number of nitrogens with zero attached hydrogens (tertiary/aromatic N) is 3. The Balaban J connectivity index is 1.36. The first kappa shape index (κ1) is 25.0. The highest BCUT2D eigenvalue weighted by atomic mass is 32.2. The normalized spacial score (nSPS) is 32.4. The van der Waals surface area contributed by atoms with Crippen LogP contribution in [0.2, 0.25) is 0 Å². The number of likely N-dealkylation sites (N-methyl/N-ethyl adjacent to an activating group) is 1. The summed E-state index contributed by atoms with van der Waals surface area (Å²) in [5.41, 5.74) is 5.35. The van der Waals surface area contributed by atoms with Crippen LogP contribution in [0.4, 0.5) is 0 Å². The van der Waals surface area contributed by atoms with E-state index >= 15 is 0 Å². The summed E-state index contributed by atoms with van der Waals surface area (Å²) in [7, 11) is 3.87. The number of hydrogen-bond donors (Lipinski definition) is 4. The molecule has 3 saturated heterocycles. The minimum Gasteiger partial charge on any atom is -0.477 e. The molecule has 3 fully saturated rings. The number of nitrogens with two attached hydrogens (primary N) is 1. The highest BCUT2D eigenvalue weighted by Crippen LogP contribution is 2.51. The van der Waals surface area contributed by atoms with E-state index in [-0.39, 0.29) is 59.3 Å². The summed E-state index contributed by atoms with van der Waals surface area (Å²) >= 11 is 1.43. The number of amides is 3. The molecule has 11 nitrogen and oxygen atoms in total. The van der Waals surface area contributed by atoms with Crippen molar-refractivity contribution in [3.05, 3.63) is 10.6 Å². The number of carboxylic acids is 1. The zero-order valence-electron chi connectivity index (χ0n) is 19.9. The summed E-state index contributed by atoms with van der Waals surface area (Å²) in [5, 5.41) is 23.1. The number of carbonyl (C=O) groups is 4. The predicted octanol–water partition coefficient (Wildman–Crippen LogP) is -1.62. The molecular formula is C22H34N5O6S+. The molecule has 0 spiro atoms. The SMILES string of the molecule is C[C@@H](O)[C@H]1C(=O)N2C(C(=O)O)=C(S[C@@H]3CN[C@H](C(=O)N4CC([N+](C)(C)CC(N)=O)C4)C3)[C@H](C)[C@H]12. The highest BCUT2D eigenvalue weighted by molar-refractivity contribution is 8.03. The van der Waals surface area contributed by atoms with Gasteiger partial charge in [0.2, 0.25) is 11.8 Å². The van der Waals surface area contributed by atoms with E-state index in [1.807, 2.05) is 21.0 Å². The van der Waals surface area contributed by atoms with Crippen LogP contribution in [0.25, 0.3) is 0 Å². The minimum atomic E-state index is -1.14. The first-order chi connectivity index (χ1) is 15.8. The lowest BCUT2D eigenvalue weighted by Gasteiger charge is -2.48. The van der Waals surface area contributed by atoms with Gasteiger partial charge >= 0.3 is 5.97 Å². The zero-order chi connectivity index (χ0) is 25.1. The first-order valence-corrected chi connectivity index (χ1v) is 12.5. The average molecular weight is 497 g/mol. The fourth-order valence-electron chi connectivity index (χ4n) is 5.67. The largest absolute Gasteiger partial charge is 0.477 e. The van der Waals surface area contributed by atoms with E-state index in [4.69, 9.17) is 5.73 Å². The smallest absolute Gasteiger partial charge is 0.353 e. The maximum absolute atomic E-state index is 13.0. The van der Waals surface area contributed by atoms with E-state index in [0.29, 0.717) is 35.4 Å². The lowest BCUT2D eigenvalue weighted by molar-refractivity contribution is -0.912. The summed E-state index contributed by atoms with van der Waals surface area (Å²) in [6, 6.07) is -0.526. The molecule has 0 unspecified atom stereocenters. The van der Waals surface area contributed by atoms with Crippen LogP contribution in [0.15, 0.2) is 10.6 Å². The van der Waals surface area contributed by atoms with Gasteiger partial charge in [-0.05, 0) is 13.3 Å². The van der Waals surface area contributed by atoms with Crippen molar-refractivity contribution in [1.29, 1.82) is 0 Å². The van der Waals surface area contributed by atoms with Gasteiger partial charge < -0.3 is 35.5 Å². The van der Waals surface area contributed by atoms with Crippen molar-refractivity contribution in [2.45, 2.75) is 49.7 Å². The van der Waals surface area contributed by atoms with E-state index in [0.717, 1.165) is 0 Å². The number of hydrogen-bond acceptors (Lipinski definition) is 7. The van der Waals surface area contributed by atoms with Crippen LogP contribution in [-0.4, -0.2) is 118 Å². The Labute approximate surface area is 202 Å². The van der Waals surface area contributed by atoms with Crippen LogP contribution in [0.1, 0.15) is 20.3 Å². The quantitative estimate of drug-likeness (QED) is 0.231. The van der Waals surface area contributed by atoms with Crippen molar-refractivity contribution < 1.29 is 33.9 Å². The van der Waals surface area contributed by atoms with Gasteiger partial charge in [-0.25, -0.2) is 4.79 Å². The molecule has 5 N–H and O–H groups in total. The standard InChI is InChI=1S/C22H33N5O6S/c1-10-17-16(11(2)28)21(31)26(17)18(22(32)33)19(10)34-13-5-14(24-6-13)20(30)25-7-12(8-25)27(3,4)9-15(23)29/h10-14,16-17,24,28H,5-9H2,1-4H3,(H2-,23,29,32,33)/p+1/t10-,11-,13+,14+,16-,17-/m1/s1. The summed E-state index contributed by atoms with van der Waals surface area (Å²) in [6.45, 7) is 5.38. The fraction of sp³-hybridized carbons (Fsp3) is 0.727. The monoisotopic (exact) mass is 496 g/mol. The molecule has 0 aromatic carbocycles. The van der Waals surface area contributed by atoms with E-state index in [9.17, 15) is 29.4 Å². The fourth-order valence-corrected chi connectivity index (χ4v) is 7.15. The maximum atomic E-state index is 13.0. The Hall–Kier alpha value is -2.15. The van der Waals surface area contributed by atoms with Gasteiger partial charge in [0.15, 0.2) is 6.54 Å². The lowest BCUT2D eigenvalue weighted by Crippen LogP contribution is -2.69. The van der Waals surface area contributed by atoms with E-state index < -0.39 is 18.0 Å². The zero-order valence-corrected chi connectivity index (χ0v) is 20.7. The second-order valence-electron chi connectivity index (χ2n) is 10.5. The van der Waals surface area contributed by atoms with Gasteiger partial charge in [-0.3, -0.25) is 14.4 Å². The number of primary amides is 1. The molecule has 4 aliphatic rings. The molecule has 0 radical (unpaired) electrons. The average Bonchev–Trinajstić information content (AvgIpc) is 3.21. The number of aliphatic hydroxyl groups excluding tert-OH is 1. The Morgan fingerprint density at radius 3 is 2.50 bits per heavy atom. The summed E-state index contributed by atoms with van der Waals surface area (Å²) in [4.78, 5) is 52.5. The second kappa shape index (κ2) is 8.81. The first-order valence-electron chi connectivity index (χ1n) is 11.6. The summed E-state index contributed by atoms with van der Waals surface area (Å²) in [5.74, 6) is -2.62. The molecule has 0 aliphatic carbocycles. The third kappa shape index (κ3) is 4.10. The van der Waals surface area contributed by atoms with Crippen molar-refractivity contribution in [2.75, 3.05) is 40.3 Å². The predicted molar refractivity (Wildman–Crippen MR) is 124 cm³/mol. The number of likely N-dealkylation sites (tertiary alicyclic amines) is 1. The Kier molecular flexibility index (Phi) is 6.47. The van der Waals surface area contributed by atoms with Crippen LogP contribution in [-0.2, 0) is 19.2 Å². The molecule has 4 heterocycles. The molecular weight excluding hydrogens is 462 g/mol. The number of carboxylic acid groups (broad SMARTS) is 1. The number of thioether (sulfide) groups is 1. The van der Waals surface area contributed by atoms with Crippen molar-refractivity contribution >= 4 is 35.5 Å². The van der Waals surface area contributed by atoms with Gasteiger partial charge in [-0.1, -0.05) is 6.92 Å². The molecule has 34 heavy (non-hydrogen) atoms. The van der Waals surface area contributed by atoms with E-state index in [1.165, 1.54) is 16.7 Å². The van der Waals surface area contributed by atoms with Crippen LogP contribution < -0.4 is 11.1 Å². The number of aliphatic carboxylic acids is 1. The Morgan fingerprint density at radius 2 is 1.94 bits per heavy atom. The molecule has 12 heteroatoms. The molecule has 3 amide bonds. The van der Waals surface area contributed by atoms with Gasteiger partial charge in [0.25, 0.3) is 5.91 Å². The molecule has 0 aromatic heterocycles. The van der Waals surface area contributed by atoms with Crippen LogP contribution in [0.5, 0.6) is 0 Å². The van der Waals surface area contributed by atoms with Gasteiger partial charge in [-0.2, -0.15) is 0 Å². The Morgan fingerprint density at radius 1 is 1.29 bits per heavy atom. The highest BCUT2D eigenvalue weighted by Gasteiger charge is 2.60. The van der Waals surface area contributed by atoms with Gasteiger partial charge in [0.1, 0.15) is 11.7 Å². The molecule has 4 aliphatic heterocycles. The van der Waals surface area contributed by atoms with E-state index in [1.54, 1.807) is 11.8 Å². The van der Waals surface area contributed by atoms with Crippen molar-refractivity contribution in [1.82, 2.24) is 15.1 Å². The van der Waals surface area contributed by atoms with Crippen molar-refractivity contribution in [2.24, 2.45) is 17.6 Å². The second-order valence-corrected chi connectivity index (χ2v) is 11.9. The number of aliphatic hydroxyl groups is 1. The summed E-state index contributed by atoms with van der Waals surface area (Å²) in [6.07, 6.45) is -0.274. The third-order valence-electron chi connectivity index (χ3n) is 7.72. The molecule has 0 aromatic rings. The van der Waals surface area contributed by atoms with Crippen LogP contribution in [0, 0.1) is 11.8 Å². The molecule has 0 saturated carbocycles. The molecule has 0 bridgehead atoms. The number of rotatable bonds is 8. The Bertz CT molecular complexity index is 946.